The minimum atomic E-state index is 0.634. The van der Waals surface area contributed by atoms with Gasteiger partial charge in [-0.25, -0.2) is 0 Å². The molecule has 0 heterocycles. The van der Waals surface area contributed by atoms with Gasteiger partial charge in [-0.1, -0.05) is 53.9 Å². The normalized spacial score (nSPS) is 40.1. The smallest absolute Gasteiger partial charge is 0.0272 e. The zero-order chi connectivity index (χ0) is 10.8. The van der Waals surface area contributed by atoms with Crippen molar-refractivity contribution in [2.75, 3.05) is 0 Å². The van der Waals surface area contributed by atoms with Crippen molar-refractivity contribution in [3.8, 4) is 0 Å². The first-order valence-electron chi connectivity index (χ1n) is 6.52. The molecule has 0 nitrogen and oxygen atoms in total. The molecular weight excluding hydrogens is 168 g/mol. The average molecular weight is 196 g/mol. The van der Waals surface area contributed by atoms with Gasteiger partial charge in [-0.15, -0.1) is 0 Å². The van der Waals surface area contributed by atoms with Crippen LogP contribution in [0.3, 0.4) is 0 Å². The molecule has 0 aromatic carbocycles. The molecule has 0 aliphatic heterocycles. The first-order chi connectivity index (χ1) is 6.52. The van der Waals surface area contributed by atoms with Crippen molar-refractivity contribution in [1.82, 2.24) is 0 Å². The number of rotatable bonds is 4. The molecule has 1 aliphatic carbocycles. The monoisotopic (exact) mass is 196 g/mol. The Kier molecular flexibility index (Phi) is 4.04. The largest absolute Gasteiger partial charge is 0.0654 e. The molecule has 14 heavy (non-hydrogen) atoms. The quantitative estimate of drug-likeness (QED) is 0.601. The third kappa shape index (κ3) is 2.15. The summed E-state index contributed by atoms with van der Waals surface area (Å²) in [5.74, 6) is 2.79. The summed E-state index contributed by atoms with van der Waals surface area (Å²) < 4.78 is 0. The summed E-state index contributed by atoms with van der Waals surface area (Å²) in [6.07, 6.45) is 7.11. The van der Waals surface area contributed by atoms with Gasteiger partial charge in [0.1, 0.15) is 0 Å². The average Bonchev–Trinajstić information content (AvgIpc) is 2.44. The molecule has 0 bridgehead atoms. The summed E-state index contributed by atoms with van der Waals surface area (Å²) >= 11 is 0. The highest BCUT2D eigenvalue weighted by Crippen LogP contribution is 2.52. The molecule has 0 aromatic rings. The molecular formula is C14H28. The first kappa shape index (κ1) is 12.1. The Bertz CT molecular complexity index is 173. The van der Waals surface area contributed by atoms with Crippen molar-refractivity contribution in [2.24, 2.45) is 23.2 Å². The predicted octanol–water partition coefficient (Wildman–Crippen LogP) is 4.89. The minimum Gasteiger partial charge on any atom is -0.0654 e. The minimum absolute atomic E-state index is 0.634. The number of hydrogen-bond acceptors (Lipinski definition) is 0. The van der Waals surface area contributed by atoms with E-state index in [2.05, 4.69) is 34.6 Å². The highest BCUT2D eigenvalue weighted by atomic mass is 14.5. The maximum atomic E-state index is 2.53. The van der Waals surface area contributed by atoms with Crippen LogP contribution >= 0.6 is 0 Å². The molecule has 1 rings (SSSR count). The van der Waals surface area contributed by atoms with Crippen molar-refractivity contribution in [3.05, 3.63) is 0 Å². The SMILES string of the molecule is CCCCC(C)C1(C)CCC(C)C1C. The van der Waals surface area contributed by atoms with Gasteiger partial charge in [0.15, 0.2) is 0 Å². The van der Waals surface area contributed by atoms with E-state index in [9.17, 15) is 0 Å². The van der Waals surface area contributed by atoms with E-state index in [1.165, 1.54) is 32.1 Å². The second-order valence-corrected chi connectivity index (χ2v) is 5.85. The lowest BCUT2D eigenvalue weighted by Gasteiger charge is -2.37. The van der Waals surface area contributed by atoms with Crippen LogP contribution < -0.4 is 0 Å². The van der Waals surface area contributed by atoms with Gasteiger partial charge in [0, 0.05) is 0 Å². The summed E-state index contributed by atoms with van der Waals surface area (Å²) in [6, 6.07) is 0. The van der Waals surface area contributed by atoms with Crippen molar-refractivity contribution in [1.29, 1.82) is 0 Å². The lowest BCUT2D eigenvalue weighted by atomic mass is 9.68. The standard InChI is InChI=1S/C14H28/c1-6-7-8-12(3)14(5)10-9-11(2)13(14)4/h11-13H,6-10H2,1-5H3. The van der Waals surface area contributed by atoms with Crippen LogP contribution in [0.15, 0.2) is 0 Å². The fraction of sp³-hybridized carbons (Fsp3) is 1.00. The lowest BCUT2D eigenvalue weighted by Crippen LogP contribution is -2.29. The highest BCUT2D eigenvalue weighted by Gasteiger charge is 2.43. The van der Waals surface area contributed by atoms with E-state index in [0.717, 1.165) is 17.8 Å². The van der Waals surface area contributed by atoms with Crippen LogP contribution in [-0.4, -0.2) is 0 Å². The molecule has 1 saturated carbocycles. The molecule has 0 amide bonds. The molecule has 0 aromatic heterocycles. The molecule has 4 atom stereocenters. The molecule has 0 saturated heterocycles. The van der Waals surface area contributed by atoms with Gasteiger partial charge < -0.3 is 0 Å². The van der Waals surface area contributed by atoms with Gasteiger partial charge in [0.05, 0.1) is 0 Å². The summed E-state index contributed by atoms with van der Waals surface area (Å²) in [6.45, 7) is 12.2. The Hall–Kier alpha value is 0. The maximum absolute atomic E-state index is 2.53. The van der Waals surface area contributed by atoms with Crippen LogP contribution in [0.1, 0.15) is 66.7 Å². The van der Waals surface area contributed by atoms with Gasteiger partial charge in [-0.05, 0) is 36.0 Å². The topological polar surface area (TPSA) is 0 Å². The van der Waals surface area contributed by atoms with Gasteiger partial charge in [0.2, 0.25) is 0 Å². The first-order valence-corrected chi connectivity index (χ1v) is 6.52. The molecule has 1 aliphatic rings. The van der Waals surface area contributed by atoms with E-state index in [1.807, 2.05) is 0 Å². The van der Waals surface area contributed by atoms with Crippen LogP contribution in [0.25, 0.3) is 0 Å². The maximum Gasteiger partial charge on any atom is -0.0272 e. The van der Waals surface area contributed by atoms with Crippen molar-refractivity contribution < 1.29 is 0 Å². The van der Waals surface area contributed by atoms with E-state index in [-0.39, 0.29) is 0 Å². The van der Waals surface area contributed by atoms with Gasteiger partial charge in [0.25, 0.3) is 0 Å². The van der Waals surface area contributed by atoms with Crippen LogP contribution in [0.5, 0.6) is 0 Å². The van der Waals surface area contributed by atoms with Crippen molar-refractivity contribution in [3.63, 3.8) is 0 Å². The Morgan fingerprint density at radius 1 is 1.36 bits per heavy atom. The molecule has 0 heteroatoms. The van der Waals surface area contributed by atoms with E-state index in [4.69, 9.17) is 0 Å². The van der Waals surface area contributed by atoms with E-state index < -0.39 is 0 Å². The van der Waals surface area contributed by atoms with Gasteiger partial charge in [-0.2, -0.15) is 0 Å². The second kappa shape index (κ2) is 4.68. The van der Waals surface area contributed by atoms with Crippen molar-refractivity contribution >= 4 is 0 Å². The Morgan fingerprint density at radius 3 is 2.43 bits per heavy atom. The van der Waals surface area contributed by atoms with E-state index in [0.29, 0.717) is 5.41 Å². The molecule has 0 spiro atoms. The molecule has 0 N–H and O–H groups in total. The third-order valence-corrected chi connectivity index (χ3v) is 5.15. The molecule has 0 radical (unpaired) electrons. The van der Waals surface area contributed by atoms with E-state index in [1.54, 1.807) is 0 Å². The number of hydrogen-bond donors (Lipinski definition) is 0. The Balaban J connectivity index is 2.56. The highest BCUT2D eigenvalue weighted by molar-refractivity contribution is 4.92. The van der Waals surface area contributed by atoms with Crippen LogP contribution in [0.4, 0.5) is 0 Å². The van der Waals surface area contributed by atoms with Crippen LogP contribution in [0, 0.1) is 23.2 Å². The summed E-state index contributed by atoms with van der Waals surface area (Å²) in [4.78, 5) is 0. The van der Waals surface area contributed by atoms with Gasteiger partial charge in [-0.3, -0.25) is 0 Å². The van der Waals surface area contributed by atoms with E-state index >= 15 is 0 Å². The van der Waals surface area contributed by atoms with Crippen molar-refractivity contribution in [2.45, 2.75) is 66.7 Å². The Labute approximate surface area is 90.5 Å². The summed E-state index contributed by atoms with van der Waals surface area (Å²) in [5.41, 5.74) is 0.634. The Morgan fingerprint density at radius 2 is 2.00 bits per heavy atom. The fourth-order valence-corrected chi connectivity index (χ4v) is 3.20. The predicted molar refractivity (Wildman–Crippen MR) is 64.4 cm³/mol. The van der Waals surface area contributed by atoms with Gasteiger partial charge >= 0.3 is 0 Å². The fourth-order valence-electron chi connectivity index (χ4n) is 3.20. The zero-order valence-electron chi connectivity index (χ0n) is 10.8. The lowest BCUT2D eigenvalue weighted by molar-refractivity contribution is 0.122. The van der Waals surface area contributed by atoms with Crippen LogP contribution in [-0.2, 0) is 0 Å². The summed E-state index contributed by atoms with van der Waals surface area (Å²) in [5, 5.41) is 0. The third-order valence-electron chi connectivity index (χ3n) is 5.15. The zero-order valence-corrected chi connectivity index (χ0v) is 10.8. The van der Waals surface area contributed by atoms with Crippen LogP contribution in [0.2, 0.25) is 0 Å². The molecule has 1 fully saturated rings. The molecule has 84 valence electrons. The summed E-state index contributed by atoms with van der Waals surface area (Å²) in [7, 11) is 0. The second-order valence-electron chi connectivity index (χ2n) is 5.85. The molecule has 4 unspecified atom stereocenters. The number of unbranched alkanes of at least 4 members (excludes halogenated alkanes) is 1.